The Kier molecular flexibility index (Phi) is 8.26. The summed E-state index contributed by atoms with van der Waals surface area (Å²) in [6.07, 6.45) is 5.79. The highest BCUT2D eigenvalue weighted by molar-refractivity contribution is 4.72. The van der Waals surface area contributed by atoms with Crippen molar-refractivity contribution >= 4 is 0 Å². The van der Waals surface area contributed by atoms with Gasteiger partial charge in [0, 0.05) is 6.04 Å². The average Bonchev–Trinajstić information content (AvgIpc) is 2.20. The molecular formula is C13H29N. The Morgan fingerprint density at radius 3 is 2.00 bits per heavy atom. The molecule has 0 unspecified atom stereocenters. The molecule has 0 saturated heterocycles. The molecule has 86 valence electrons. The van der Waals surface area contributed by atoms with E-state index in [1.807, 2.05) is 13.8 Å². The lowest BCUT2D eigenvalue weighted by Crippen LogP contribution is -2.30. The summed E-state index contributed by atoms with van der Waals surface area (Å²) >= 11 is 0. The van der Waals surface area contributed by atoms with Gasteiger partial charge in [-0.2, -0.15) is 0 Å². The molecular weight excluding hydrogens is 170 g/mol. The van der Waals surface area contributed by atoms with Crippen LogP contribution in [0.5, 0.6) is 0 Å². The maximum absolute atomic E-state index is 3.53. The van der Waals surface area contributed by atoms with Gasteiger partial charge in [0.1, 0.15) is 0 Å². The standard InChI is InChI=1S/C11H23N.C2H6/c1-9(2)12-8-11-6-4-10(3)5-7-11;1-2/h9-12H,4-8H2,1-3H3;1-2H3. The Hall–Kier alpha value is -0.0400. The highest BCUT2D eigenvalue weighted by Gasteiger charge is 2.17. The first-order valence-corrected chi connectivity index (χ1v) is 6.42. The molecule has 1 N–H and O–H groups in total. The van der Waals surface area contributed by atoms with Gasteiger partial charge in [-0.15, -0.1) is 0 Å². The molecule has 0 atom stereocenters. The summed E-state index contributed by atoms with van der Waals surface area (Å²) in [6, 6.07) is 0.657. The Balaban J connectivity index is 0.000000791. The molecule has 1 saturated carbocycles. The van der Waals surface area contributed by atoms with Crippen LogP contribution in [0.3, 0.4) is 0 Å². The maximum Gasteiger partial charge on any atom is 0.00104 e. The third kappa shape index (κ3) is 6.42. The molecule has 0 aromatic rings. The molecule has 0 aromatic heterocycles. The lowest BCUT2D eigenvalue weighted by atomic mass is 9.83. The lowest BCUT2D eigenvalue weighted by molar-refractivity contribution is 0.277. The molecule has 0 amide bonds. The first-order valence-electron chi connectivity index (χ1n) is 6.42. The van der Waals surface area contributed by atoms with E-state index < -0.39 is 0 Å². The zero-order valence-electron chi connectivity index (χ0n) is 10.8. The van der Waals surface area contributed by atoms with Crippen LogP contribution in [0.4, 0.5) is 0 Å². The zero-order chi connectivity index (χ0) is 11.0. The Morgan fingerprint density at radius 2 is 1.57 bits per heavy atom. The number of hydrogen-bond donors (Lipinski definition) is 1. The summed E-state index contributed by atoms with van der Waals surface area (Å²) in [7, 11) is 0. The monoisotopic (exact) mass is 199 g/mol. The fourth-order valence-electron chi connectivity index (χ4n) is 1.94. The van der Waals surface area contributed by atoms with E-state index in [0.717, 1.165) is 11.8 Å². The van der Waals surface area contributed by atoms with Gasteiger partial charge in [-0.05, 0) is 31.2 Å². The molecule has 0 radical (unpaired) electrons. The number of rotatable bonds is 3. The minimum absolute atomic E-state index is 0.657. The van der Waals surface area contributed by atoms with E-state index in [9.17, 15) is 0 Å². The van der Waals surface area contributed by atoms with Crippen LogP contribution in [-0.2, 0) is 0 Å². The van der Waals surface area contributed by atoms with Gasteiger partial charge in [0.05, 0.1) is 0 Å². The van der Waals surface area contributed by atoms with E-state index in [2.05, 4.69) is 26.1 Å². The number of nitrogens with one attached hydrogen (secondary N) is 1. The van der Waals surface area contributed by atoms with E-state index in [1.54, 1.807) is 0 Å². The summed E-state index contributed by atoms with van der Waals surface area (Å²) in [6.45, 7) is 12.1. The Bertz CT molecular complexity index is 112. The topological polar surface area (TPSA) is 12.0 Å². The van der Waals surface area contributed by atoms with Crippen molar-refractivity contribution in [1.29, 1.82) is 0 Å². The van der Waals surface area contributed by atoms with Crippen molar-refractivity contribution in [2.45, 2.75) is 66.3 Å². The van der Waals surface area contributed by atoms with E-state index in [4.69, 9.17) is 0 Å². The highest BCUT2D eigenvalue weighted by atomic mass is 14.9. The normalized spacial score (nSPS) is 27.0. The minimum Gasteiger partial charge on any atom is -0.314 e. The summed E-state index contributed by atoms with van der Waals surface area (Å²) in [5.74, 6) is 1.95. The smallest absolute Gasteiger partial charge is 0.00104 e. The molecule has 1 heteroatoms. The Morgan fingerprint density at radius 1 is 1.07 bits per heavy atom. The van der Waals surface area contributed by atoms with Gasteiger partial charge in [0.25, 0.3) is 0 Å². The van der Waals surface area contributed by atoms with Crippen LogP contribution in [0.1, 0.15) is 60.3 Å². The van der Waals surface area contributed by atoms with Crippen molar-refractivity contribution in [2.75, 3.05) is 6.54 Å². The average molecular weight is 199 g/mol. The predicted molar refractivity (Wildman–Crippen MR) is 65.6 cm³/mol. The van der Waals surface area contributed by atoms with Gasteiger partial charge < -0.3 is 5.32 Å². The minimum atomic E-state index is 0.657. The molecule has 1 aliphatic rings. The van der Waals surface area contributed by atoms with E-state index in [-0.39, 0.29) is 0 Å². The third-order valence-corrected chi connectivity index (χ3v) is 2.95. The van der Waals surface area contributed by atoms with Crippen LogP contribution in [0.25, 0.3) is 0 Å². The fraction of sp³-hybridized carbons (Fsp3) is 1.00. The predicted octanol–water partition coefficient (Wildman–Crippen LogP) is 3.84. The summed E-state index contributed by atoms with van der Waals surface area (Å²) < 4.78 is 0. The third-order valence-electron chi connectivity index (χ3n) is 2.95. The van der Waals surface area contributed by atoms with Crippen molar-refractivity contribution in [3.8, 4) is 0 Å². The summed E-state index contributed by atoms with van der Waals surface area (Å²) in [4.78, 5) is 0. The van der Waals surface area contributed by atoms with Crippen LogP contribution in [0.15, 0.2) is 0 Å². The maximum atomic E-state index is 3.53. The number of hydrogen-bond acceptors (Lipinski definition) is 1. The second kappa shape index (κ2) is 8.28. The van der Waals surface area contributed by atoms with Crippen LogP contribution in [0, 0.1) is 11.8 Å². The van der Waals surface area contributed by atoms with Gasteiger partial charge in [-0.1, -0.05) is 47.5 Å². The van der Waals surface area contributed by atoms with Crippen molar-refractivity contribution < 1.29 is 0 Å². The molecule has 1 rings (SSSR count). The van der Waals surface area contributed by atoms with Gasteiger partial charge in [0.15, 0.2) is 0 Å². The Labute approximate surface area is 90.7 Å². The molecule has 1 nitrogen and oxygen atoms in total. The second-order valence-corrected chi connectivity index (χ2v) is 4.69. The molecule has 0 spiro atoms. The first-order chi connectivity index (χ1) is 6.68. The van der Waals surface area contributed by atoms with E-state index in [1.165, 1.54) is 32.2 Å². The van der Waals surface area contributed by atoms with Gasteiger partial charge >= 0.3 is 0 Å². The summed E-state index contributed by atoms with van der Waals surface area (Å²) in [5.41, 5.74) is 0. The van der Waals surface area contributed by atoms with E-state index in [0.29, 0.717) is 6.04 Å². The van der Waals surface area contributed by atoms with Gasteiger partial charge in [-0.3, -0.25) is 0 Å². The summed E-state index contributed by atoms with van der Waals surface area (Å²) in [5, 5.41) is 3.53. The van der Waals surface area contributed by atoms with Crippen LogP contribution >= 0.6 is 0 Å². The van der Waals surface area contributed by atoms with Crippen LogP contribution in [0.2, 0.25) is 0 Å². The van der Waals surface area contributed by atoms with Crippen LogP contribution in [-0.4, -0.2) is 12.6 Å². The van der Waals surface area contributed by atoms with Crippen molar-refractivity contribution in [2.24, 2.45) is 11.8 Å². The fourth-order valence-corrected chi connectivity index (χ4v) is 1.94. The van der Waals surface area contributed by atoms with E-state index >= 15 is 0 Å². The SMILES string of the molecule is CC.CC1CCC(CNC(C)C)CC1. The first kappa shape index (κ1) is 14.0. The quantitative estimate of drug-likeness (QED) is 0.728. The van der Waals surface area contributed by atoms with Crippen molar-refractivity contribution in [3.63, 3.8) is 0 Å². The van der Waals surface area contributed by atoms with Gasteiger partial charge in [0.2, 0.25) is 0 Å². The molecule has 0 bridgehead atoms. The van der Waals surface area contributed by atoms with Crippen molar-refractivity contribution in [3.05, 3.63) is 0 Å². The molecule has 0 heterocycles. The molecule has 1 fully saturated rings. The van der Waals surface area contributed by atoms with Gasteiger partial charge in [-0.25, -0.2) is 0 Å². The highest BCUT2D eigenvalue weighted by Crippen LogP contribution is 2.27. The zero-order valence-corrected chi connectivity index (χ0v) is 10.8. The molecule has 1 aliphatic carbocycles. The molecule has 0 aromatic carbocycles. The second-order valence-electron chi connectivity index (χ2n) is 4.69. The largest absolute Gasteiger partial charge is 0.314 e. The van der Waals surface area contributed by atoms with Crippen molar-refractivity contribution in [1.82, 2.24) is 5.32 Å². The van der Waals surface area contributed by atoms with Crippen LogP contribution < -0.4 is 5.32 Å². The molecule has 0 aliphatic heterocycles. The molecule has 14 heavy (non-hydrogen) atoms. The lowest BCUT2D eigenvalue weighted by Gasteiger charge is -2.26.